The summed E-state index contributed by atoms with van der Waals surface area (Å²) in [5, 5.41) is 45.5. The van der Waals surface area contributed by atoms with E-state index in [2.05, 4.69) is 10.6 Å². The Morgan fingerprint density at radius 3 is 2.43 bits per heavy atom. The van der Waals surface area contributed by atoms with Crippen LogP contribution in [0.4, 0.5) is 4.79 Å². The molecule has 1 fully saturated rings. The number of carbonyl (C=O) groups excluding carboxylic acids is 1. The molecule has 1 aliphatic rings. The summed E-state index contributed by atoms with van der Waals surface area (Å²) in [6, 6.07) is 13.2. The lowest BCUT2D eigenvalue weighted by atomic mass is 9.91. The van der Waals surface area contributed by atoms with Gasteiger partial charge in [0.05, 0.1) is 18.7 Å². The van der Waals surface area contributed by atoms with Crippen LogP contribution in [-0.4, -0.2) is 81.8 Å². The lowest BCUT2D eigenvalue weighted by molar-refractivity contribution is -0.200. The van der Waals surface area contributed by atoms with Gasteiger partial charge in [-0.25, -0.2) is 4.79 Å². The van der Waals surface area contributed by atoms with Crippen molar-refractivity contribution in [2.45, 2.75) is 62.6 Å². The number of aliphatic hydroxyl groups is 4. The van der Waals surface area contributed by atoms with Gasteiger partial charge >= 0.3 is 6.03 Å². The maximum Gasteiger partial charge on any atom is 0.315 e. The first-order chi connectivity index (χ1) is 17.5. The van der Waals surface area contributed by atoms with Crippen molar-refractivity contribution in [1.82, 2.24) is 10.6 Å². The average molecular weight is 535 g/mol. The number of hydrogen-bond acceptors (Lipinski definition) is 8. The molecule has 5 atom stereocenters. The minimum absolute atomic E-state index is 0.158. The third-order valence-electron chi connectivity index (χ3n) is 6.33. The third-order valence-corrected chi connectivity index (χ3v) is 7.18. The summed E-state index contributed by atoms with van der Waals surface area (Å²) >= 11 is 1.29. The number of aryl methyl sites for hydroxylation is 1. The molecule has 2 aromatic rings. The van der Waals surface area contributed by atoms with Crippen LogP contribution in [0.5, 0.6) is 5.75 Å². The van der Waals surface area contributed by atoms with Gasteiger partial charge in [0.25, 0.3) is 0 Å². The Morgan fingerprint density at radius 1 is 1.08 bits per heavy atom. The summed E-state index contributed by atoms with van der Waals surface area (Å²) in [5.74, 6) is 0.682. The Labute approximate surface area is 222 Å². The minimum atomic E-state index is -1.29. The largest absolute Gasteiger partial charge is 0.492 e. The Kier molecular flexibility index (Phi) is 10.2. The van der Waals surface area contributed by atoms with Crippen molar-refractivity contribution in [3.63, 3.8) is 0 Å². The predicted molar refractivity (Wildman–Crippen MR) is 143 cm³/mol. The monoisotopic (exact) mass is 534 g/mol. The van der Waals surface area contributed by atoms with E-state index in [4.69, 9.17) is 9.47 Å². The van der Waals surface area contributed by atoms with Crippen molar-refractivity contribution >= 4 is 17.8 Å². The molecular formula is C27H38N2O7S. The van der Waals surface area contributed by atoms with Gasteiger partial charge in [0.15, 0.2) is 0 Å². The molecule has 3 rings (SSSR count). The van der Waals surface area contributed by atoms with Gasteiger partial charge in [0.1, 0.15) is 42.2 Å². The standard InChI is InChI=1S/C27H38N2O7S/c1-16-5-8-18(24-22(32)21(31)23(33)25(36-24)37-4)14-19(16)13-17-6-9-20(10-7-17)35-12-11-28-26(34)29-27(2,3)15-30/h5-10,14,21-25,30-33H,11-13,15H2,1-4H3,(H2,28,29,34)/t21-,22-,23+,24+,25-/m1/s1. The molecule has 0 aliphatic carbocycles. The minimum Gasteiger partial charge on any atom is -0.492 e. The quantitative estimate of drug-likeness (QED) is 0.254. The van der Waals surface area contributed by atoms with Crippen LogP contribution < -0.4 is 15.4 Å². The molecule has 204 valence electrons. The molecule has 37 heavy (non-hydrogen) atoms. The molecule has 0 unspecified atom stereocenters. The van der Waals surface area contributed by atoms with Crippen molar-refractivity contribution in [3.8, 4) is 5.75 Å². The van der Waals surface area contributed by atoms with E-state index in [0.717, 1.165) is 22.3 Å². The maximum absolute atomic E-state index is 11.8. The Morgan fingerprint density at radius 2 is 1.78 bits per heavy atom. The zero-order chi connectivity index (χ0) is 27.2. The Balaban J connectivity index is 1.57. The molecule has 1 saturated heterocycles. The van der Waals surface area contributed by atoms with E-state index in [1.807, 2.05) is 49.4 Å². The fourth-order valence-electron chi connectivity index (χ4n) is 4.03. The molecule has 1 heterocycles. The zero-order valence-corrected chi connectivity index (χ0v) is 22.5. The van der Waals surface area contributed by atoms with Gasteiger partial charge in [-0.2, -0.15) is 0 Å². The molecular weight excluding hydrogens is 496 g/mol. The highest BCUT2D eigenvalue weighted by molar-refractivity contribution is 7.99. The van der Waals surface area contributed by atoms with E-state index in [1.165, 1.54) is 11.8 Å². The number of nitrogens with one attached hydrogen (secondary N) is 2. The van der Waals surface area contributed by atoms with Crippen molar-refractivity contribution in [3.05, 3.63) is 64.7 Å². The topological polar surface area (TPSA) is 141 Å². The second-order valence-corrected chi connectivity index (χ2v) is 10.8. The first-order valence-corrected chi connectivity index (χ1v) is 13.5. The summed E-state index contributed by atoms with van der Waals surface area (Å²) in [5.41, 5.74) is 2.64. The summed E-state index contributed by atoms with van der Waals surface area (Å²) in [7, 11) is 0. The van der Waals surface area contributed by atoms with Gasteiger partial charge in [-0.1, -0.05) is 30.3 Å². The molecule has 2 amide bonds. The summed E-state index contributed by atoms with van der Waals surface area (Å²) in [6.45, 7) is 5.93. The van der Waals surface area contributed by atoms with Crippen LogP contribution in [0, 0.1) is 6.92 Å². The molecule has 0 aromatic heterocycles. The van der Waals surface area contributed by atoms with Gasteiger partial charge in [0, 0.05) is 0 Å². The number of urea groups is 1. The molecule has 1 aliphatic heterocycles. The smallest absolute Gasteiger partial charge is 0.315 e. The summed E-state index contributed by atoms with van der Waals surface area (Å²) < 4.78 is 11.6. The fraction of sp³-hybridized carbons (Fsp3) is 0.519. The lowest BCUT2D eigenvalue weighted by Gasteiger charge is -2.40. The molecule has 0 saturated carbocycles. The van der Waals surface area contributed by atoms with Crippen molar-refractivity contribution in [2.75, 3.05) is 26.0 Å². The Bertz CT molecular complexity index is 1030. The second kappa shape index (κ2) is 12.9. The highest BCUT2D eigenvalue weighted by atomic mass is 32.2. The van der Waals surface area contributed by atoms with Crippen LogP contribution in [-0.2, 0) is 11.2 Å². The van der Waals surface area contributed by atoms with E-state index in [9.17, 15) is 25.2 Å². The van der Waals surface area contributed by atoms with Gasteiger partial charge in [-0.3, -0.25) is 0 Å². The molecule has 0 spiro atoms. The number of hydrogen-bond donors (Lipinski definition) is 6. The van der Waals surface area contributed by atoms with Crippen molar-refractivity contribution in [1.29, 1.82) is 0 Å². The molecule has 9 nitrogen and oxygen atoms in total. The summed E-state index contributed by atoms with van der Waals surface area (Å²) in [6.07, 6.45) is -1.97. The molecule has 2 aromatic carbocycles. The summed E-state index contributed by atoms with van der Waals surface area (Å²) in [4.78, 5) is 11.8. The number of benzene rings is 2. The number of carbonyl (C=O) groups is 1. The molecule has 0 bridgehead atoms. The normalized spacial score (nSPS) is 23.9. The van der Waals surface area contributed by atoms with E-state index in [0.29, 0.717) is 25.3 Å². The van der Waals surface area contributed by atoms with Gasteiger partial charge < -0.3 is 40.5 Å². The van der Waals surface area contributed by atoms with Crippen LogP contribution in [0.3, 0.4) is 0 Å². The Hall–Kier alpha value is -2.34. The molecule has 10 heteroatoms. The zero-order valence-electron chi connectivity index (χ0n) is 21.7. The van der Waals surface area contributed by atoms with Gasteiger partial charge in [-0.05, 0) is 67.8 Å². The number of amides is 2. The van der Waals surface area contributed by atoms with Crippen molar-refractivity contribution in [2.24, 2.45) is 0 Å². The first-order valence-electron chi connectivity index (χ1n) is 12.2. The van der Waals surface area contributed by atoms with Crippen LogP contribution in [0.15, 0.2) is 42.5 Å². The van der Waals surface area contributed by atoms with E-state index in [1.54, 1.807) is 20.1 Å². The number of rotatable bonds is 10. The second-order valence-electron chi connectivity index (χ2n) is 9.91. The van der Waals surface area contributed by atoms with Crippen LogP contribution in [0.2, 0.25) is 0 Å². The maximum atomic E-state index is 11.8. The van der Waals surface area contributed by atoms with E-state index >= 15 is 0 Å². The van der Waals surface area contributed by atoms with Crippen LogP contribution in [0.25, 0.3) is 0 Å². The lowest BCUT2D eigenvalue weighted by Crippen LogP contribution is -2.52. The van der Waals surface area contributed by atoms with Gasteiger partial charge in [0.2, 0.25) is 0 Å². The van der Waals surface area contributed by atoms with E-state index in [-0.39, 0.29) is 12.6 Å². The number of aliphatic hydroxyl groups excluding tert-OH is 4. The van der Waals surface area contributed by atoms with E-state index < -0.39 is 35.4 Å². The molecule has 0 radical (unpaired) electrons. The number of ether oxygens (including phenoxy) is 2. The fourth-order valence-corrected chi connectivity index (χ4v) is 4.70. The van der Waals surface area contributed by atoms with Crippen LogP contribution in [0.1, 0.15) is 42.2 Å². The van der Waals surface area contributed by atoms with Crippen LogP contribution >= 0.6 is 11.8 Å². The number of thioether (sulfide) groups is 1. The predicted octanol–water partition coefficient (Wildman–Crippen LogP) is 1.88. The van der Waals surface area contributed by atoms with Crippen molar-refractivity contribution < 1.29 is 34.7 Å². The first kappa shape index (κ1) is 29.2. The average Bonchev–Trinajstić information content (AvgIpc) is 2.87. The van der Waals surface area contributed by atoms with Gasteiger partial charge in [-0.15, -0.1) is 11.8 Å². The third kappa shape index (κ3) is 7.83. The highest BCUT2D eigenvalue weighted by Crippen LogP contribution is 2.36. The molecule has 6 N–H and O–H groups in total. The highest BCUT2D eigenvalue weighted by Gasteiger charge is 2.44. The SMILES string of the molecule is CS[C@H]1O[C@@H](c2ccc(C)c(Cc3ccc(OCCNC(=O)NC(C)(C)CO)cc3)c2)[C@H](O)[C@@H](O)[C@@H]1O.